The van der Waals surface area contributed by atoms with E-state index in [1.165, 1.54) is 12.8 Å². The van der Waals surface area contributed by atoms with Gasteiger partial charge >= 0.3 is 5.97 Å². The van der Waals surface area contributed by atoms with Crippen molar-refractivity contribution >= 4 is 11.9 Å². The summed E-state index contributed by atoms with van der Waals surface area (Å²) in [6.45, 7) is 5.24. The first-order valence-corrected chi connectivity index (χ1v) is 7.60. The van der Waals surface area contributed by atoms with Crippen molar-refractivity contribution in [2.45, 2.75) is 77.5 Å². The highest BCUT2D eigenvalue weighted by Crippen LogP contribution is 2.21. The highest BCUT2D eigenvalue weighted by atomic mass is 16.5. The molecule has 0 saturated heterocycles. The minimum absolute atomic E-state index is 0.126. The number of carboxylic acid groups (broad SMARTS) is 1. The fraction of sp³-hybridized carbons (Fsp3) is 0.867. The number of hydrogen-bond acceptors (Lipinski definition) is 3. The van der Waals surface area contributed by atoms with E-state index in [4.69, 9.17) is 9.84 Å². The zero-order valence-electron chi connectivity index (χ0n) is 12.7. The first kappa shape index (κ1) is 17.0. The van der Waals surface area contributed by atoms with Gasteiger partial charge in [0.05, 0.1) is 6.10 Å². The quantitative estimate of drug-likeness (QED) is 0.734. The van der Waals surface area contributed by atoms with Crippen LogP contribution in [-0.4, -0.2) is 35.2 Å². The molecule has 2 N–H and O–H groups in total. The van der Waals surface area contributed by atoms with Gasteiger partial charge in [-0.25, -0.2) is 4.79 Å². The molecule has 20 heavy (non-hydrogen) atoms. The van der Waals surface area contributed by atoms with Crippen LogP contribution < -0.4 is 5.32 Å². The first-order chi connectivity index (χ1) is 9.41. The second-order valence-corrected chi connectivity index (χ2v) is 5.96. The third-order valence-electron chi connectivity index (χ3n) is 3.80. The Bertz CT molecular complexity index is 322. The van der Waals surface area contributed by atoms with Crippen LogP contribution in [0.2, 0.25) is 0 Å². The maximum atomic E-state index is 12.0. The summed E-state index contributed by atoms with van der Waals surface area (Å²) in [7, 11) is 0. The Hall–Kier alpha value is -1.10. The van der Waals surface area contributed by atoms with Crippen LogP contribution in [0.1, 0.15) is 59.3 Å². The SMILES string of the molecule is CC(OC1CCCCCC1)C(=O)NC(C(=O)O)C(C)C. The highest BCUT2D eigenvalue weighted by Gasteiger charge is 2.27. The molecule has 0 bridgehead atoms. The van der Waals surface area contributed by atoms with Gasteiger partial charge in [-0.1, -0.05) is 39.5 Å². The third-order valence-corrected chi connectivity index (χ3v) is 3.80. The van der Waals surface area contributed by atoms with E-state index in [2.05, 4.69) is 5.32 Å². The first-order valence-electron chi connectivity index (χ1n) is 7.60. The van der Waals surface area contributed by atoms with E-state index < -0.39 is 18.1 Å². The fourth-order valence-electron chi connectivity index (χ4n) is 2.51. The van der Waals surface area contributed by atoms with Gasteiger partial charge in [-0.2, -0.15) is 0 Å². The van der Waals surface area contributed by atoms with Crippen LogP contribution >= 0.6 is 0 Å². The van der Waals surface area contributed by atoms with Gasteiger partial charge in [0.1, 0.15) is 12.1 Å². The number of aliphatic carboxylic acids is 1. The van der Waals surface area contributed by atoms with Crippen LogP contribution in [0, 0.1) is 5.92 Å². The Kier molecular flexibility index (Phi) is 6.99. The molecule has 1 rings (SSSR count). The lowest BCUT2D eigenvalue weighted by Gasteiger charge is -2.23. The molecule has 1 amide bonds. The lowest BCUT2D eigenvalue weighted by Crippen LogP contribution is -2.48. The molecule has 0 radical (unpaired) electrons. The zero-order valence-corrected chi connectivity index (χ0v) is 12.7. The minimum atomic E-state index is -1.00. The average molecular weight is 285 g/mol. The molecule has 116 valence electrons. The van der Waals surface area contributed by atoms with E-state index in [1.807, 2.05) is 0 Å². The summed E-state index contributed by atoms with van der Waals surface area (Å²) in [5.74, 6) is -1.49. The molecule has 0 heterocycles. The van der Waals surface area contributed by atoms with Crippen LogP contribution in [0.15, 0.2) is 0 Å². The molecule has 5 heteroatoms. The number of ether oxygens (including phenoxy) is 1. The predicted molar refractivity (Wildman–Crippen MR) is 76.4 cm³/mol. The van der Waals surface area contributed by atoms with E-state index in [1.54, 1.807) is 20.8 Å². The van der Waals surface area contributed by atoms with Crippen LogP contribution in [0.3, 0.4) is 0 Å². The lowest BCUT2D eigenvalue weighted by atomic mass is 10.0. The van der Waals surface area contributed by atoms with E-state index in [0.29, 0.717) is 0 Å². The number of nitrogens with one attached hydrogen (secondary N) is 1. The van der Waals surface area contributed by atoms with E-state index in [-0.39, 0.29) is 17.9 Å². The molecule has 2 atom stereocenters. The molecular weight excluding hydrogens is 258 g/mol. The van der Waals surface area contributed by atoms with Gasteiger partial charge in [-0.05, 0) is 25.7 Å². The van der Waals surface area contributed by atoms with Crippen molar-refractivity contribution in [1.82, 2.24) is 5.32 Å². The number of carbonyl (C=O) groups excluding carboxylic acids is 1. The largest absolute Gasteiger partial charge is 0.480 e. The van der Waals surface area contributed by atoms with Crippen molar-refractivity contribution in [2.75, 3.05) is 0 Å². The van der Waals surface area contributed by atoms with E-state index in [9.17, 15) is 9.59 Å². The molecule has 1 fully saturated rings. The summed E-state index contributed by atoms with van der Waals surface area (Å²) in [5, 5.41) is 11.6. The van der Waals surface area contributed by atoms with Crippen LogP contribution in [0.25, 0.3) is 0 Å². The van der Waals surface area contributed by atoms with Gasteiger partial charge < -0.3 is 15.2 Å². The number of carboxylic acids is 1. The van der Waals surface area contributed by atoms with Crippen molar-refractivity contribution in [3.63, 3.8) is 0 Å². The second kappa shape index (κ2) is 8.25. The highest BCUT2D eigenvalue weighted by molar-refractivity contribution is 5.86. The van der Waals surface area contributed by atoms with Crippen molar-refractivity contribution in [2.24, 2.45) is 5.92 Å². The van der Waals surface area contributed by atoms with Gasteiger partial charge in [0.15, 0.2) is 0 Å². The predicted octanol–water partition coefficient (Wildman–Crippen LogP) is 2.34. The topological polar surface area (TPSA) is 75.6 Å². The zero-order chi connectivity index (χ0) is 15.1. The molecule has 0 aromatic heterocycles. The molecule has 1 aliphatic carbocycles. The summed E-state index contributed by atoms with van der Waals surface area (Å²) in [4.78, 5) is 23.1. The molecule has 1 aliphatic rings. The number of rotatable bonds is 6. The van der Waals surface area contributed by atoms with Gasteiger partial charge in [0.2, 0.25) is 5.91 Å². The summed E-state index contributed by atoms with van der Waals surface area (Å²) in [5.41, 5.74) is 0. The Balaban J connectivity index is 2.46. The Labute approximate surface area is 121 Å². The van der Waals surface area contributed by atoms with Crippen molar-refractivity contribution in [3.05, 3.63) is 0 Å². The summed E-state index contributed by atoms with van der Waals surface area (Å²) in [6.07, 6.45) is 6.25. The molecule has 2 unspecified atom stereocenters. The molecule has 1 saturated carbocycles. The summed E-state index contributed by atoms with van der Waals surface area (Å²) >= 11 is 0. The summed E-state index contributed by atoms with van der Waals surface area (Å²) in [6, 6.07) is -0.859. The molecule has 5 nitrogen and oxygen atoms in total. The van der Waals surface area contributed by atoms with Gasteiger partial charge in [0, 0.05) is 0 Å². The van der Waals surface area contributed by atoms with Crippen LogP contribution in [0.5, 0.6) is 0 Å². The number of carbonyl (C=O) groups is 2. The van der Waals surface area contributed by atoms with Crippen molar-refractivity contribution in [3.8, 4) is 0 Å². The molecule has 0 aliphatic heterocycles. The van der Waals surface area contributed by atoms with Crippen molar-refractivity contribution in [1.29, 1.82) is 0 Å². The van der Waals surface area contributed by atoms with Crippen LogP contribution in [0.4, 0.5) is 0 Å². The summed E-state index contributed by atoms with van der Waals surface area (Å²) < 4.78 is 5.79. The third kappa shape index (κ3) is 5.49. The monoisotopic (exact) mass is 285 g/mol. The smallest absolute Gasteiger partial charge is 0.326 e. The minimum Gasteiger partial charge on any atom is -0.480 e. The van der Waals surface area contributed by atoms with Gasteiger partial charge in [-0.3, -0.25) is 4.79 Å². The maximum absolute atomic E-state index is 12.0. The molecule has 0 aromatic rings. The number of amides is 1. The standard InChI is InChI=1S/C15H27NO4/c1-10(2)13(15(18)19)16-14(17)11(3)20-12-8-6-4-5-7-9-12/h10-13H,4-9H2,1-3H3,(H,16,17)(H,18,19). The van der Waals surface area contributed by atoms with Crippen molar-refractivity contribution < 1.29 is 19.4 Å². The molecule has 0 spiro atoms. The van der Waals surface area contributed by atoms with Gasteiger partial charge in [0.25, 0.3) is 0 Å². The number of hydrogen-bond donors (Lipinski definition) is 2. The second-order valence-electron chi connectivity index (χ2n) is 5.96. The Morgan fingerprint density at radius 2 is 1.65 bits per heavy atom. The Morgan fingerprint density at radius 3 is 2.10 bits per heavy atom. The lowest BCUT2D eigenvalue weighted by molar-refractivity contribution is -0.146. The molecular formula is C15H27NO4. The van der Waals surface area contributed by atoms with Gasteiger partial charge in [-0.15, -0.1) is 0 Å². The van der Waals surface area contributed by atoms with E-state index in [0.717, 1.165) is 25.7 Å². The normalized spacial score (nSPS) is 20.2. The maximum Gasteiger partial charge on any atom is 0.326 e. The van der Waals surface area contributed by atoms with E-state index >= 15 is 0 Å². The Morgan fingerprint density at radius 1 is 1.10 bits per heavy atom. The average Bonchev–Trinajstić information content (AvgIpc) is 2.63. The fourth-order valence-corrected chi connectivity index (χ4v) is 2.51. The molecule has 0 aromatic carbocycles. The van der Waals surface area contributed by atoms with Crippen LogP contribution in [-0.2, 0) is 14.3 Å².